The number of carbonyl (C=O) groups excluding carboxylic acids is 1. The molecule has 0 saturated heterocycles. The summed E-state index contributed by atoms with van der Waals surface area (Å²) >= 11 is 0. The maximum Gasteiger partial charge on any atom is 0.294 e. The van der Waals surface area contributed by atoms with E-state index in [9.17, 15) is 13.2 Å². The number of ketones is 1. The highest BCUT2D eigenvalue weighted by molar-refractivity contribution is 7.85. The fraction of sp³-hybridized carbons (Fsp3) is 0. The third-order valence-corrected chi connectivity index (χ3v) is 3.14. The lowest BCUT2D eigenvalue weighted by molar-refractivity contribution is 0.103. The zero-order valence-electron chi connectivity index (χ0n) is 9.15. The molecule has 0 unspecified atom stereocenters. The zero-order chi connectivity index (χ0) is 13.2. The molecule has 18 heavy (non-hydrogen) atoms. The lowest BCUT2D eigenvalue weighted by Gasteiger charge is -2.02. The van der Waals surface area contributed by atoms with Gasteiger partial charge in [0, 0.05) is 11.8 Å². The van der Waals surface area contributed by atoms with Gasteiger partial charge in [0.2, 0.25) is 5.78 Å². The third-order valence-electron chi connectivity index (χ3n) is 2.29. The molecule has 0 aliphatic rings. The van der Waals surface area contributed by atoms with Crippen molar-refractivity contribution in [3.8, 4) is 0 Å². The van der Waals surface area contributed by atoms with Crippen LogP contribution in [0.25, 0.3) is 0 Å². The molecule has 1 aromatic heterocycles. The normalized spacial score (nSPS) is 11.2. The Morgan fingerprint density at radius 2 is 1.89 bits per heavy atom. The lowest BCUT2D eigenvalue weighted by atomic mass is 10.1. The van der Waals surface area contributed by atoms with Crippen LogP contribution in [0.2, 0.25) is 0 Å². The molecule has 0 atom stereocenters. The van der Waals surface area contributed by atoms with Crippen LogP contribution in [0.1, 0.15) is 16.1 Å². The minimum Gasteiger partial charge on any atom is -0.287 e. The highest BCUT2D eigenvalue weighted by Gasteiger charge is 2.14. The first-order valence-corrected chi connectivity index (χ1v) is 6.46. The van der Waals surface area contributed by atoms with Gasteiger partial charge in [-0.05, 0) is 24.3 Å². The van der Waals surface area contributed by atoms with Gasteiger partial charge in [-0.3, -0.25) is 14.3 Å². The Bertz CT molecular complexity index is 680. The molecule has 6 heteroatoms. The number of benzene rings is 1. The first-order valence-electron chi connectivity index (χ1n) is 5.02. The van der Waals surface area contributed by atoms with Crippen molar-refractivity contribution in [3.05, 3.63) is 59.9 Å². The molecule has 5 nitrogen and oxygen atoms in total. The Morgan fingerprint density at radius 1 is 1.11 bits per heavy atom. The SMILES string of the molecule is O=C(c1cccc(S(=O)(=O)O)c1)c1ccccn1. The topological polar surface area (TPSA) is 84.3 Å². The fourth-order valence-electron chi connectivity index (χ4n) is 1.44. The Balaban J connectivity index is 2.44. The predicted molar refractivity (Wildman–Crippen MR) is 63.9 cm³/mol. The van der Waals surface area contributed by atoms with E-state index in [1.54, 1.807) is 12.1 Å². The number of rotatable bonds is 3. The number of nitrogens with zero attached hydrogens (tertiary/aromatic N) is 1. The molecule has 0 aliphatic heterocycles. The van der Waals surface area contributed by atoms with Gasteiger partial charge >= 0.3 is 0 Å². The number of carbonyl (C=O) groups is 1. The molecule has 0 radical (unpaired) electrons. The molecule has 0 spiro atoms. The van der Waals surface area contributed by atoms with Gasteiger partial charge in [-0.25, -0.2) is 0 Å². The van der Waals surface area contributed by atoms with E-state index in [0.717, 1.165) is 6.07 Å². The number of hydrogen-bond donors (Lipinski definition) is 1. The van der Waals surface area contributed by atoms with E-state index in [4.69, 9.17) is 4.55 Å². The Labute approximate surface area is 104 Å². The molecule has 2 aromatic rings. The van der Waals surface area contributed by atoms with Gasteiger partial charge in [0.05, 0.1) is 4.90 Å². The van der Waals surface area contributed by atoms with Crippen LogP contribution in [0, 0.1) is 0 Å². The van der Waals surface area contributed by atoms with Crippen molar-refractivity contribution in [3.63, 3.8) is 0 Å². The Hall–Kier alpha value is -2.05. The summed E-state index contributed by atoms with van der Waals surface area (Å²) in [6.45, 7) is 0. The fourth-order valence-corrected chi connectivity index (χ4v) is 1.97. The van der Waals surface area contributed by atoms with Gasteiger partial charge < -0.3 is 0 Å². The van der Waals surface area contributed by atoms with Crippen molar-refractivity contribution in [1.82, 2.24) is 4.98 Å². The molecule has 0 bridgehead atoms. The van der Waals surface area contributed by atoms with Crippen LogP contribution < -0.4 is 0 Å². The van der Waals surface area contributed by atoms with E-state index in [2.05, 4.69) is 4.98 Å². The van der Waals surface area contributed by atoms with Crippen LogP contribution >= 0.6 is 0 Å². The minimum atomic E-state index is -4.31. The maximum absolute atomic E-state index is 12.0. The van der Waals surface area contributed by atoms with Crippen molar-refractivity contribution in [2.24, 2.45) is 0 Å². The van der Waals surface area contributed by atoms with Crippen LogP contribution in [-0.4, -0.2) is 23.7 Å². The summed E-state index contributed by atoms with van der Waals surface area (Å²) in [6, 6.07) is 10.0. The molecule has 2 rings (SSSR count). The highest BCUT2D eigenvalue weighted by Crippen LogP contribution is 2.13. The highest BCUT2D eigenvalue weighted by atomic mass is 32.2. The molecule has 0 aliphatic carbocycles. The van der Waals surface area contributed by atoms with Gasteiger partial charge in [0.15, 0.2) is 0 Å². The summed E-state index contributed by atoms with van der Waals surface area (Å²) in [7, 11) is -4.31. The number of hydrogen-bond acceptors (Lipinski definition) is 4. The average molecular weight is 263 g/mol. The van der Waals surface area contributed by atoms with E-state index >= 15 is 0 Å². The van der Waals surface area contributed by atoms with Gasteiger partial charge in [0.1, 0.15) is 5.69 Å². The quantitative estimate of drug-likeness (QED) is 0.671. The van der Waals surface area contributed by atoms with E-state index in [-0.39, 0.29) is 16.2 Å². The summed E-state index contributed by atoms with van der Waals surface area (Å²) < 4.78 is 30.9. The van der Waals surface area contributed by atoms with Crippen molar-refractivity contribution in [2.75, 3.05) is 0 Å². The van der Waals surface area contributed by atoms with Crippen LogP contribution in [0.4, 0.5) is 0 Å². The van der Waals surface area contributed by atoms with Crippen LogP contribution in [0.5, 0.6) is 0 Å². The molecule has 1 N–H and O–H groups in total. The van der Waals surface area contributed by atoms with E-state index < -0.39 is 15.9 Å². The van der Waals surface area contributed by atoms with Crippen LogP contribution in [0.3, 0.4) is 0 Å². The van der Waals surface area contributed by atoms with Crippen molar-refractivity contribution in [1.29, 1.82) is 0 Å². The third kappa shape index (κ3) is 2.61. The maximum atomic E-state index is 12.0. The molecule has 0 amide bonds. The van der Waals surface area contributed by atoms with E-state index in [1.165, 1.54) is 30.5 Å². The molecule has 0 fully saturated rings. The van der Waals surface area contributed by atoms with Crippen molar-refractivity contribution >= 4 is 15.9 Å². The zero-order valence-corrected chi connectivity index (χ0v) is 9.96. The summed E-state index contributed by atoms with van der Waals surface area (Å²) in [6.07, 6.45) is 1.47. The van der Waals surface area contributed by atoms with Gasteiger partial charge in [-0.2, -0.15) is 8.42 Å². The van der Waals surface area contributed by atoms with Gasteiger partial charge in [-0.1, -0.05) is 18.2 Å². The molecular formula is C12H9NO4S. The standard InChI is InChI=1S/C12H9NO4S/c14-12(11-6-1-2-7-13-11)9-4-3-5-10(8-9)18(15,16)17/h1-8H,(H,15,16,17). The first kappa shape index (κ1) is 12.4. The second-order valence-electron chi connectivity index (χ2n) is 3.55. The number of aromatic nitrogens is 1. The average Bonchev–Trinajstić information content (AvgIpc) is 2.38. The predicted octanol–water partition coefficient (Wildman–Crippen LogP) is 1.56. The molecule has 1 heterocycles. The van der Waals surface area contributed by atoms with E-state index in [0.29, 0.717) is 0 Å². The van der Waals surface area contributed by atoms with Crippen molar-refractivity contribution < 1.29 is 17.8 Å². The van der Waals surface area contributed by atoms with Crippen molar-refractivity contribution in [2.45, 2.75) is 4.90 Å². The molecule has 92 valence electrons. The second kappa shape index (κ2) is 4.67. The second-order valence-corrected chi connectivity index (χ2v) is 4.97. The summed E-state index contributed by atoms with van der Waals surface area (Å²) in [5.74, 6) is -0.402. The summed E-state index contributed by atoms with van der Waals surface area (Å²) in [4.78, 5) is 15.6. The van der Waals surface area contributed by atoms with E-state index in [1.807, 2.05) is 0 Å². The van der Waals surface area contributed by atoms with Crippen LogP contribution in [0.15, 0.2) is 53.6 Å². The smallest absolute Gasteiger partial charge is 0.287 e. The lowest BCUT2D eigenvalue weighted by Crippen LogP contribution is -2.05. The molecule has 0 saturated carbocycles. The monoisotopic (exact) mass is 263 g/mol. The largest absolute Gasteiger partial charge is 0.294 e. The summed E-state index contributed by atoms with van der Waals surface area (Å²) in [5, 5.41) is 0. The first-order chi connectivity index (χ1) is 8.48. The Kier molecular flexibility index (Phi) is 3.22. The molecular weight excluding hydrogens is 254 g/mol. The van der Waals surface area contributed by atoms with Gasteiger partial charge in [-0.15, -0.1) is 0 Å². The minimum absolute atomic E-state index is 0.156. The van der Waals surface area contributed by atoms with Gasteiger partial charge in [0.25, 0.3) is 10.1 Å². The Morgan fingerprint density at radius 3 is 2.50 bits per heavy atom. The molecule has 1 aromatic carbocycles. The summed E-state index contributed by atoms with van der Waals surface area (Å²) in [5.41, 5.74) is 0.369. The number of pyridine rings is 1. The van der Waals surface area contributed by atoms with Crippen LogP contribution in [-0.2, 0) is 10.1 Å².